The Morgan fingerprint density at radius 2 is 2.05 bits per heavy atom. The molecular weight excluding hydrogens is 269 g/mol. The van der Waals surface area contributed by atoms with E-state index in [0.717, 1.165) is 6.07 Å². The second-order valence-corrected chi connectivity index (χ2v) is 6.74. The first kappa shape index (κ1) is 14.2. The summed E-state index contributed by atoms with van der Waals surface area (Å²) in [6.07, 6.45) is 0. The van der Waals surface area contributed by atoms with E-state index in [9.17, 15) is 12.8 Å². The smallest absolute Gasteiger partial charge is 0.245 e. The van der Waals surface area contributed by atoms with Gasteiger partial charge in [0.25, 0.3) is 0 Å². The third-order valence-electron chi connectivity index (χ3n) is 3.37. The summed E-state index contributed by atoms with van der Waals surface area (Å²) in [6.45, 7) is 3.52. The van der Waals surface area contributed by atoms with Crippen LogP contribution in [0.2, 0.25) is 0 Å². The Morgan fingerprint density at radius 1 is 1.37 bits per heavy atom. The van der Waals surface area contributed by atoms with Gasteiger partial charge in [-0.05, 0) is 26.1 Å². The van der Waals surface area contributed by atoms with Crippen LogP contribution in [0.4, 0.5) is 10.1 Å². The van der Waals surface area contributed by atoms with Crippen molar-refractivity contribution in [3.05, 3.63) is 24.0 Å². The highest BCUT2D eigenvalue weighted by atomic mass is 32.2. The van der Waals surface area contributed by atoms with Gasteiger partial charge in [0, 0.05) is 25.7 Å². The van der Waals surface area contributed by atoms with Gasteiger partial charge in [0.05, 0.1) is 5.69 Å². The summed E-state index contributed by atoms with van der Waals surface area (Å²) in [7, 11) is -1.80. The number of piperazine rings is 1. The minimum Gasteiger partial charge on any atom is -0.395 e. The third kappa shape index (κ3) is 2.58. The molecule has 1 aliphatic heterocycles. The standard InChI is InChI=1S/C12H18FN3O2S/c1-9-8-15(2)6-7-16(9)19(17,18)11-5-3-4-10(13)12(11)14/h3-5,9H,6-8,14H2,1-2H3. The van der Waals surface area contributed by atoms with Gasteiger partial charge in [-0.2, -0.15) is 4.31 Å². The quantitative estimate of drug-likeness (QED) is 0.815. The molecule has 0 saturated carbocycles. The van der Waals surface area contributed by atoms with Crippen molar-refractivity contribution in [1.29, 1.82) is 0 Å². The number of likely N-dealkylation sites (N-methyl/N-ethyl adjacent to an activating group) is 1. The van der Waals surface area contributed by atoms with Crippen LogP contribution in [0, 0.1) is 5.82 Å². The lowest BCUT2D eigenvalue weighted by atomic mass is 10.2. The van der Waals surface area contributed by atoms with Crippen LogP contribution in [0.25, 0.3) is 0 Å². The summed E-state index contributed by atoms with van der Waals surface area (Å²) in [5, 5.41) is 0. The van der Waals surface area contributed by atoms with Crippen LogP contribution in [0.5, 0.6) is 0 Å². The Morgan fingerprint density at radius 3 is 2.68 bits per heavy atom. The van der Waals surface area contributed by atoms with Crippen LogP contribution in [0.3, 0.4) is 0 Å². The molecule has 0 aliphatic carbocycles. The van der Waals surface area contributed by atoms with Crippen molar-refractivity contribution < 1.29 is 12.8 Å². The average molecular weight is 287 g/mol. The fraction of sp³-hybridized carbons (Fsp3) is 0.500. The zero-order valence-electron chi connectivity index (χ0n) is 11.0. The maximum absolute atomic E-state index is 13.4. The zero-order chi connectivity index (χ0) is 14.2. The van der Waals surface area contributed by atoms with E-state index in [1.54, 1.807) is 0 Å². The Hall–Kier alpha value is -1.18. The molecule has 0 amide bonds. The number of hydrogen-bond donors (Lipinski definition) is 1. The highest BCUT2D eigenvalue weighted by molar-refractivity contribution is 7.89. The molecule has 106 valence electrons. The maximum atomic E-state index is 13.4. The minimum atomic E-state index is -3.75. The summed E-state index contributed by atoms with van der Waals surface area (Å²) < 4.78 is 39.9. The van der Waals surface area contributed by atoms with Gasteiger partial charge in [-0.1, -0.05) is 6.07 Å². The van der Waals surface area contributed by atoms with Crippen molar-refractivity contribution in [2.45, 2.75) is 17.9 Å². The lowest BCUT2D eigenvalue weighted by molar-refractivity contribution is 0.170. The Balaban J connectivity index is 2.40. The molecule has 7 heteroatoms. The fourth-order valence-electron chi connectivity index (χ4n) is 2.35. The molecule has 1 saturated heterocycles. The largest absolute Gasteiger partial charge is 0.395 e. The van der Waals surface area contributed by atoms with Crippen molar-refractivity contribution in [3.63, 3.8) is 0 Å². The molecule has 0 radical (unpaired) electrons. The number of hydrogen-bond acceptors (Lipinski definition) is 4. The highest BCUT2D eigenvalue weighted by Gasteiger charge is 2.34. The molecule has 0 bridgehead atoms. The van der Waals surface area contributed by atoms with Crippen LogP contribution in [0.15, 0.2) is 23.1 Å². The van der Waals surface area contributed by atoms with E-state index in [2.05, 4.69) is 4.90 Å². The number of nitrogen functional groups attached to an aromatic ring is 1. The van der Waals surface area contributed by atoms with Gasteiger partial charge in [-0.25, -0.2) is 12.8 Å². The molecule has 1 unspecified atom stereocenters. The molecule has 5 nitrogen and oxygen atoms in total. The van der Waals surface area contributed by atoms with Crippen LogP contribution in [-0.2, 0) is 10.0 Å². The lowest BCUT2D eigenvalue weighted by Crippen LogP contribution is -2.52. The van der Waals surface area contributed by atoms with Gasteiger partial charge in [0.15, 0.2) is 0 Å². The second-order valence-electron chi connectivity index (χ2n) is 4.88. The second kappa shape index (κ2) is 5.07. The summed E-state index contributed by atoms with van der Waals surface area (Å²) in [5.74, 6) is -0.706. The first-order chi connectivity index (χ1) is 8.84. The van der Waals surface area contributed by atoms with Gasteiger partial charge < -0.3 is 10.6 Å². The number of rotatable bonds is 2. The van der Waals surface area contributed by atoms with Gasteiger partial charge >= 0.3 is 0 Å². The number of nitrogens with two attached hydrogens (primary N) is 1. The van der Waals surface area contributed by atoms with Crippen LogP contribution in [0.1, 0.15) is 6.92 Å². The summed E-state index contributed by atoms with van der Waals surface area (Å²) in [4.78, 5) is 1.91. The summed E-state index contributed by atoms with van der Waals surface area (Å²) in [5.41, 5.74) is 5.25. The van der Waals surface area contributed by atoms with Gasteiger partial charge in [0.2, 0.25) is 10.0 Å². The summed E-state index contributed by atoms with van der Waals surface area (Å²) in [6, 6.07) is 3.70. The van der Waals surface area contributed by atoms with Gasteiger partial charge in [0.1, 0.15) is 10.7 Å². The third-order valence-corrected chi connectivity index (χ3v) is 5.44. The van der Waals surface area contributed by atoms with Gasteiger partial charge in [-0.3, -0.25) is 0 Å². The number of sulfonamides is 1. The minimum absolute atomic E-state index is 0.149. The highest BCUT2D eigenvalue weighted by Crippen LogP contribution is 2.27. The molecule has 1 atom stereocenters. The van der Waals surface area contributed by atoms with E-state index in [4.69, 9.17) is 5.73 Å². The topological polar surface area (TPSA) is 66.6 Å². The van der Waals surface area contributed by atoms with Crippen molar-refractivity contribution in [3.8, 4) is 0 Å². The molecule has 1 aliphatic rings. The Labute approximate surface area is 112 Å². The number of para-hydroxylation sites is 1. The molecule has 2 rings (SSSR count). The molecule has 1 heterocycles. The van der Waals surface area contributed by atoms with E-state index in [1.807, 2.05) is 14.0 Å². The zero-order valence-corrected chi connectivity index (χ0v) is 11.8. The van der Waals surface area contributed by atoms with E-state index in [-0.39, 0.29) is 16.6 Å². The monoisotopic (exact) mass is 287 g/mol. The fourth-order valence-corrected chi connectivity index (χ4v) is 4.09. The van der Waals surface area contributed by atoms with Crippen molar-refractivity contribution in [2.24, 2.45) is 0 Å². The number of benzene rings is 1. The average Bonchev–Trinajstić information content (AvgIpc) is 2.31. The summed E-state index contributed by atoms with van der Waals surface area (Å²) >= 11 is 0. The predicted molar refractivity (Wildman–Crippen MR) is 71.7 cm³/mol. The van der Waals surface area contributed by atoms with Gasteiger partial charge in [-0.15, -0.1) is 0 Å². The van der Waals surface area contributed by atoms with Crippen LogP contribution >= 0.6 is 0 Å². The molecule has 2 N–H and O–H groups in total. The molecular formula is C12H18FN3O2S. The molecule has 0 aromatic heterocycles. The SMILES string of the molecule is CC1CN(C)CCN1S(=O)(=O)c1cccc(F)c1N. The van der Waals surface area contributed by atoms with Crippen LogP contribution < -0.4 is 5.73 Å². The number of anilines is 1. The molecule has 1 fully saturated rings. The maximum Gasteiger partial charge on any atom is 0.245 e. The first-order valence-electron chi connectivity index (χ1n) is 6.08. The first-order valence-corrected chi connectivity index (χ1v) is 7.52. The van der Waals surface area contributed by atoms with Crippen molar-refractivity contribution in [2.75, 3.05) is 32.4 Å². The Kier molecular flexibility index (Phi) is 3.80. The van der Waals surface area contributed by atoms with Crippen molar-refractivity contribution in [1.82, 2.24) is 9.21 Å². The van der Waals surface area contributed by atoms with E-state index < -0.39 is 15.8 Å². The number of nitrogens with zero attached hydrogens (tertiary/aromatic N) is 2. The van der Waals surface area contributed by atoms with Crippen molar-refractivity contribution >= 4 is 15.7 Å². The van der Waals surface area contributed by atoms with E-state index >= 15 is 0 Å². The number of halogens is 1. The van der Waals surface area contributed by atoms with E-state index in [1.165, 1.54) is 16.4 Å². The van der Waals surface area contributed by atoms with Crippen LogP contribution in [-0.4, -0.2) is 50.3 Å². The molecule has 0 spiro atoms. The molecule has 19 heavy (non-hydrogen) atoms. The normalized spacial score (nSPS) is 22.6. The molecule has 1 aromatic carbocycles. The Bertz CT molecular complexity index is 576. The predicted octanol–water partition coefficient (Wildman–Crippen LogP) is 0.732. The van der Waals surface area contributed by atoms with E-state index in [0.29, 0.717) is 19.6 Å². The molecule has 1 aromatic rings. The lowest BCUT2D eigenvalue weighted by Gasteiger charge is -2.37.